The maximum absolute atomic E-state index is 11.1. The topological polar surface area (TPSA) is 77.4 Å². The first-order valence-corrected chi connectivity index (χ1v) is 8.53. The van der Waals surface area contributed by atoms with Crippen molar-refractivity contribution >= 4 is 10.1 Å². The van der Waals surface area contributed by atoms with Gasteiger partial charge >= 0.3 is 51.4 Å². The van der Waals surface area contributed by atoms with Gasteiger partial charge in [0, 0.05) is 0 Å². The summed E-state index contributed by atoms with van der Waals surface area (Å²) in [4.78, 5) is 0. The SMILES string of the molecule is CCCCCCCC(O)C(CCCC)S(=O)(=O)[O-].[K+]. The van der Waals surface area contributed by atoms with E-state index in [0.29, 0.717) is 12.8 Å². The molecular formula is C13H27KO4S. The predicted molar refractivity (Wildman–Crippen MR) is 72.4 cm³/mol. The maximum Gasteiger partial charge on any atom is 1.00 e. The van der Waals surface area contributed by atoms with Crippen LogP contribution in [0.2, 0.25) is 0 Å². The molecule has 0 bridgehead atoms. The van der Waals surface area contributed by atoms with Gasteiger partial charge in [0.1, 0.15) is 10.1 Å². The van der Waals surface area contributed by atoms with Crippen molar-refractivity contribution in [2.24, 2.45) is 0 Å². The molecule has 6 heteroatoms. The van der Waals surface area contributed by atoms with E-state index in [2.05, 4.69) is 6.92 Å². The molecule has 0 radical (unpaired) electrons. The van der Waals surface area contributed by atoms with Crippen LogP contribution in [0.5, 0.6) is 0 Å². The van der Waals surface area contributed by atoms with Crippen LogP contribution in [0.1, 0.15) is 71.6 Å². The van der Waals surface area contributed by atoms with Crippen molar-refractivity contribution in [2.45, 2.75) is 83.0 Å². The second-order valence-corrected chi connectivity index (χ2v) is 6.53. The first-order chi connectivity index (χ1) is 8.43. The van der Waals surface area contributed by atoms with Crippen molar-refractivity contribution in [3.8, 4) is 0 Å². The monoisotopic (exact) mass is 318 g/mol. The minimum Gasteiger partial charge on any atom is -0.748 e. The van der Waals surface area contributed by atoms with Crippen molar-refractivity contribution < 1.29 is 69.5 Å². The second-order valence-electron chi connectivity index (χ2n) is 4.94. The van der Waals surface area contributed by atoms with Gasteiger partial charge in [0.25, 0.3) is 0 Å². The molecule has 4 nitrogen and oxygen atoms in total. The Bertz CT molecular complexity index is 293. The Morgan fingerprint density at radius 3 is 1.95 bits per heavy atom. The smallest absolute Gasteiger partial charge is 0.748 e. The molecule has 0 aliphatic heterocycles. The fourth-order valence-corrected chi connectivity index (χ4v) is 3.05. The van der Waals surface area contributed by atoms with Gasteiger partial charge in [-0.3, -0.25) is 0 Å². The molecule has 0 aromatic rings. The third-order valence-electron chi connectivity index (χ3n) is 3.25. The number of aliphatic hydroxyl groups excluding tert-OH is 1. The number of rotatable bonds is 11. The van der Waals surface area contributed by atoms with Crippen molar-refractivity contribution in [2.75, 3.05) is 0 Å². The summed E-state index contributed by atoms with van der Waals surface area (Å²) in [6, 6.07) is 0. The van der Waals surface area contributed by atoms with Crippen LogP contribution < -0.4 is 51.4 Å². The van der Waals surface area contributed by atoms with Gasteiger partial charge < -0.3 is 9.66 Å². The van der Waals surface area contributed by atoms with Crippen LogP contribution in [-0.4, -0.2) is 29.4 Å². The van der Waals surface area contributed by atoms with Crippen LogP contribution in [0.15, 0.2) is 0 Å². The molecule has 0 heterocycles. The fraction of sp³-hybridized carbons (Fsp3) is 1.00. The van der Waals surface area contributed by atoms with Gasteiger partial charge in [-0.2, -0.15) is 0 Å². The fourth-order valence-electron chi connectivity index (χ4n) is 2.08. The Balaban J connectivity index is 0. The molecule has 0 aromatic heterocycles. The van der Waals surface area contributed by atoms with Crippen LogP contribution in [0, 0.1) is 0 Å². The van der Waals surface area contributed by atoms with Gasteiger partial charge in [-0.25, -0.2) is 8.42 Å². The predicted octanol–water partition coefficient (Wildman–Crippen LogP) is -0.184. The molecule has 0 spiro atoms. The molecule has 19 heavy (non-hydrogen) atoms. The zero-order valence-corrected chi connectivity index (χ0v) is 16.5. The summed E-state index contributed by atoms with van der Waals surface area (Å²) < 4.78 is 33.3. The average Bonchev–Trinajstić information content (AvgIpc) is 2.27. The zero-order chi connectivity index (χ0) is 14.0. The van der Waals surface area contributed by atoms with Gasteiger partial charge in [0.2, 0.25) is 0 Å². The van der Waals surface area contributed by atoms with Crippen molar-refractivity contribution in [3.05, 3.63) is 0 Å². The molecule has 0 rings (SSSR count). The number of unbranched alkanes of at least 4 members (excludes halogenated alkanes) is 5. The third-order valence-corrected chi connectivity index (χ3v) is 4.54. The minimum absolute atomic E-state index is 0. The summed E-state index contributed by atoms with van der Waals surface area (Å²) in [7, 11) is -4.38. The van der Waals surface area contributed by atoms with E-state index in [1.807, 2.05) is 6.92 Å². The summed E-state index contributed by atoms with van der Waals surface area (Å²) in [5.74, 6) is 0. The molecule has 0 saturated carbocycles. The minimum atomic E-state index is -4.38. The van der Waals surface area contributed by atoms with Gasteiger partial charge in [-0.05, 0) is 12.8 Å². The van der Waals surface area contributed by atoms with Gasteiger partial charge in [0.05, 0.1) is 11.4 Å². The molecule has 0 saturated heterocycles. The molecule has 110 valence electrons. The number of hydrogen-bond donors (Lipinski definition) is 1. The van der Waals surface area contributed by atoms with Crippen molar-refractivity contribution in [1.82, 2.24) is 0 Å². The quantitative estimate of drug-likeness (QED) is 0.326. The van der Waals surface area contributed by atoms with E-state index in [-0.39, 0.29) is 57.8 Å². The van der Waals surface area contributed by atoms with Crippen LogP contribution >= 0.6 is 0 Å². The van der Waals surface area contributed by atoms with Crippen LogP contribution in [0.4, 0.5) is 0 Å². The van der Waals surface area contributed by atoms with E-state index in [9.17, 15) is 18.1 Å². The average molecular weight is 319 g/mol. The number of aliphatic hydroxyl groups is 1. The largest absolute Gasteiger partial charge is 1.00 e. The van der Waals surface area contributed by atoms with E-state index in [1.165, 1.54) is 0 Å². The first kappa shape index (κ1) is 22.8. The van der Waals surface area contributed by atoms with E-state index in [1.54, 1.807) is 0 Å². The van der Waals surface area contributed by atoms with E-state index < -0.39 is 21.5 Å². The molecule has 0 aliphatic carbocycles. The molecular weight excluding hydrogens is 291 g/mol. The summed E-state index contributed by atoms with van der Waals surface area (Å²) in [6.07, 6.45) is 6.38. The normalized spacial score (nSPS) is 14.7. The van der Waals surface area contributed by atoms with E-state index in [0.717, 1.165) is 38.5 Å². The van der Waals surface area contributed by atoms with Crippen molar-refractivity contribution in [1.29, 1.82) is 0 Å². The van der Waals surface area contributed by atoms with Crippen LogP contribution in [0.25, 0.3) is 0 Å². The molecule has 0 aromatic carbocycles. The van der Waals surface area contributed by atoms with E-state index >= 15 is 0 Å². The van der Waals surface area contributed by atoms with Gasteiger partial charge in [-0.15, -0.1) is 0 Å². The van der Waals surface area contributed by atoms with Gasteiger partial charge in [-0.1, -0.05) is 58.8 Å². The molecule has 2 unspecified atom stereocenters. The Labute approximate surface area is 160 Å². The molecule has 0 amide bonds. The molecule has 0 aliphatic rings. The Hall–Kier alpha value is 1.51. The Kier molecular flexibility index (Phi) is 15.8. The maximum atomic E-state index is 11.1. The van der Waals surface area contributed by atoms with E-state index in [4.69, 9.17) is 0 Å². The summed E-state index contributed by atoms with van der Waals surface area (Å²) >= 11 is 0. The van der Waals surface area contributed by atoms with Crippen LogP contribution in [-0.2, 0) is 10.1 Å². The van der Waals surface area contributed by atoms with Crippen LogP contribution in [0.3, 0.4) is 0 Å². The molecule has 2 atom stereocenters. The summed E-state index contributed by atoms with van der Waals surface area (Å²) in [5, 5.41) is 8.73. The standard InChI is InChI=1S/C13H28O4S.K/c1-3-5-7-8-9-10-12(14)13(11-6-4-2)18(15,16)17;/h12-14H,3-11H2,1-2H3,(H,15,16,17);/q;+1/p-1. The van der Waals surface area contributed by atoms with Gasteiger partial charge in [0.15, 0.2) is 0 Å². The first-order valence-electron chi connectivity index (χ1n) is 7.06. The third kappa shape index (κ3) is 11.8. The summed E-state index contributed by atoms with van der Waals surface area (Å²) in [6.45, 7) is 4.06. The summed E-state index contributed by atoms with van der Waals surface area (Å²) in [5.41, 5.74) is 0. The molecule has 1 N–H and O–H groups in total. The Morgan fingerprint density at radius 1 is 0.947 bits per heavy atom. The molecule has 0 fully saturated rings. The number of hydrogen-bond acceptors (Lipinski definition) is 4. The Morgan fingerprint density at radius 2 is 1.47 bits per heavy atom. The zero-order valence-electron chi connectivity index (χ0n) is 12.6. The second kappa shape index (κ2) is 13.2. The van der Waals surface area contributed by atoms with Crippen molar-refractivity contribution in [3.63, 3.8) is 0 Å².